The van der Waals surface area contributed by atoms with Crippen LogP contribution >= 0.6 is 0 Å². The van der Waals surface area contributed by atoms with Gasteiger partial charge >= 0.3 is 0 Å². The average Bonchev–Trinajstić information content (AvgIpc) is 2.36. The van der Waals surface area contributed by atoms with E-state index in [0.717, 1.165) is 19.3 Å². The van der Waals surface area contributed by atoms with Crippen LogP contribution in [0.25, 0.3) is 0 Å². The molecule has 1 aliphatic carbocycles. The summed E-state index contributed by atoms with van der Waals surface area (Å²) < 4.78 is 11.0. The minimum Gasteiger partial charge on any atom is -0.497 e. The van der Waals surface area contributed by atoms with Crippen molar-refractivity contribution in [3.05, 3.63) is 12.3 Å². The number of allylic oxidation sites excluding steroid dienone is 1. The van der Waals surface area contributed by atoms with E-state index in [1.807, 2.05) is 0 Å². The van der Waals surface area contributed by atoms with Gasteiger partial charge in [-0.15, -0.1) is 0 Å². The molecular weight excluding hydrogens is 224 g/mol. The van der Waals surface area contributed by atoms with E-state index in [4.69, 9.17) is 14.6 Å². The maximum Gasteiger partial charge on any atom is 0.168 e. The molecule has 1 saturated carbocycles. The van der Waals surface area contributed by atoms with Crippen LogP contribution in [0.4, 0.5) is 0 Å². The van der Waals surface area contributed by atoms with E-state index < -0.39 is 6.10 Å². The van der Waals surface area contributed by atoms with Crippen molar-refractivity contribution in [2.75, 3.05) is 13.2 Å². The van der Waals surface area contributed by atoms with Gasteiger partial charge in [-0.25, -0.2) is 0 Å². The number of ketones is 1. The summed E-state index contributed by atoms with van der Waals surface area (Å²) in [7, 11) is 0. The predicted octanol–water partition coefficient (Wildman–Crippen LogP) is 0.00650. The molecule has 2 aliphatic rings. The summed E-state index contributed by atoms with van der Waals surface area (Å²) in [5, 5.41) is 18.0. The van der Waals surface area contributed by atoms with E-state index in [0.29, 0.717) is 0 Å². The van der Waals surface area contributed by atoms with Gasteiger partial charge in [-0.3, -0.25) is 4.79 Å². The molecule has 96 valence electrons. The Morgan fingerprint density at radius 2 is 2.35 bits per heavy atom. The number of rotatable bonds is 4. The number of aliphatic hydroxyl groups is 2. The molecule has 0 amide bonds. The Hall–Kier alpha value is -0.910. The molecule has 0 radical (unpaired) electrons. The normalized spacial score (nSPS) is 34.0. The highest BCUT2D eigenvalue weighted by Gasteiger charge is 2.40. The lowest BCUT2D eigenvalue weighted by atomic mass is 9.80. The largest absolute Gasteiger partial charge is 0.497 e. The van der Waals surface area contributed by atoms with Crippen molar-refractivity contribution in [2.24, 2.45) is 5.92 Å². The van der Waals surface area contributed by atoms with Crippen molar-refractivity contribution in [1.82, 2.24) is 0 Å². The lowest BCUT2D eigenvalue weighted by Gasteiger charge is -2.37. The quantitative estimate of drug-likeness (QED) is 0.726. The molecular formula is C12H18O5. The highest BCUT2D eigenvalue weighted by atomic mass is 16.5. The van der Waals surface area contributed by atoms with Crippen molar-refractivity contribution in [3.8, 4) is 0 Å². The molecule has 4 unspecified atom stereocenters. The Bertz CT molecular complexity index is 301. The maximum absolute atomic E-state index is 11.8. The van der Waals surface area contributed by atoms with Crippen LogP contribution in [0.5, 0.6) is 0 Å². The average molecular weight is 242 g/mol. The molecule has 0 aromatic carbocycles. The molecule has 1 aliphatic heterocycles. The molecule has 5 heteroatoms. The van der Waals surface area contributed by atoms with Crippen LogP contribution in [-0.2, 0) is 14.3 Å². The van der Waals surface area contributed by atoms with Gasteiger partial charge in [0.25, 0.3) is 0 Å². The highest BCUT2D eigenvalue weighted by molar-refractivity contribution is 5.93. The van der Waals surface area contributed by atoms with Crippen LogP contribution in [0.1, 0.15) is 19.3 Å². The Balaban J connectivity index is 1.96. The monoisotopic (exact) mass is 242 g/mol. The van der Waals surface area contributed by atoms with Gasteiger partial charge in [-0.2, -0.15) is 0 Å². The van der Waals surface area contributed by atoms with Gasteiger partial charge in [0.15, 0.2) is 5.78 Å². The van der Waals surface area contributed by atoms with E-state index in [2.05, 4.69) is 0 Å². The van der Waals surface area contributed by atoms with Crippen molar-refractivity contribution < 1.29 is 24.5 Å². The minimum absolute atomic E-state index is 0.0319. The number of hydrogen-bond acceptors (Lipinski definition) is 5. The zero-order valence-corrected chi connectivity index (χ0v) is 9.62. The first kappa shape index (κ1) is 12.5. The fourth-order valence-corrected chi connectivity index (χ4v) is 2.43. The van der Waals surface area contributed by atoms with E-state index in [-0.39, 0.29) is 37.1 Å². The van der Waals surface area contributed by atoms with Crippen LogP contribution in [0.2, 0.25) is 0 Å². The zero-order chi connectivity index (χ0) is 12.3. The van der Waals surface area contributed by atoms with Gasteiger partial charge in [0.2, 0.25) is 0 Å². The molecule has 0 aromatic heterocycles. The Labute approximate surface area is 100 Å². The maximum atomic E-state index is 11.8. The lowest BCUT2D eigenvalue weighted by Crippen LogP contribution is -2.45. The number of carbonyl (C=O) groups excluding carboxylic acids is 1. The van der Waals surface area contributed by atoms with Gasteiger partial charge < -0.3 is 19.7 Å². The molecule has 1 heterocycles. The highest BCUT2D eigenvalue weighted by Crippen LogP contribution is 2.32. The standard InChI is InChI=1S/C12H18O5/c13-6-8(14)7-17-11-3-1-2-10-12(11)9(15)4-5-16-10/h4-5,8,10-14H,1-3,6-7H2. The number of ether oxygens (including phenoxy) is 2. The van der Waals surface area contributed by atoms with Crippen LogP contribution in [0.3, 0.4) is 0 Å². The summed E-state index contributed by atoms with van der Waals surface area (Å²) in [5.41, 5.74) is 0. The summed E-state index contributed by atoms with van der Waals surface area (Å²) in [5.74, 6) is -0.232. The molecule has 0 spiro atoms. The summed E-state index contributed by atoms with van der Waals surface area (Å²) >= 11 is 0. The molecule has 17 heavy (non-hydrogen) atoms. The Morgan fingerprint density at radius 1 is 1.53 bits per heavy atom. The molecule has 2 N–H and O–H groups in total. The van der Waals surface area contributed by atoms with Crippen molar-refractivity contribution >= 4 is 5.78 Å². The smallest absolute Gasteiger partial charge is 0.168 e. The first-order chi connectivity index (χ1) is 8.22. The molecule has 0 saturated heterocycles. The summed E-state index contributed by atoms with van der Waals surface area (Å²) in [4.78, 5) is 11.8. The first-order valence-corrected chi connectivity index (χ1v) is 5.98. The van der Waals surface area contributed by atoms with Crippen molar-refractivity contribution in [1.29, 1.82) is 0 Å². The Kier molecular flexibility index (Phi) is 4.15. The van der Waals surface area contributed by atoms with E-state index >= 15 is 0 Å². The summed E-state index contributed by atoms with van der Waals surface area (Å²) in [6.45, 7) is -0.271. The second-order valence-corrected chi connectivity index (χ2v) is 4.54. The number of hydrogen-bond donors (Lipinski definition) is 2. The number of aliphatic hydroxyl groups excluding tert-OH is 2. The van der Waals surface area contributed by atoms with Gasteiger partial charge in [-0.1, -0.05) is 0 Å². The number of carbonyl (C=O) groups is 1. The van der Waals surface area contributed by atoms with Gasteiger partial charge in [0, 0.05) is 6.08 Å². The number of fused-ring (bicyclic) bond motifs is 1. The summed E-state index contributed by atoms with van der Waals surface area (Å²) in [6.07, 6.45) is 4.29. The Morgan fingerprint density at radius 3 is 3.12 bits per heavy atom. The van der Waals surface area contributed by atoms with Gasteiger partial charge in [0.05, 0.1) is 31.5 Å². The van der Waals surface area contributed by atoms with Crippen LogP contribution in [0, 0.1) is 5.92 Å². The predicted molar refractivity (Wildman–Crippen MR) is 59.2 cm³/mol. The summed E-state index contributed by atoms with van der Waals surface area (Å²) in [6, 6.07) is 0. The second-order valence-electron chi connectivity index (χ2n) is 4.54. The molecule has 0 aromatic rings. The van der Waals surface area contributed by atoms with Crippen LogP contribution in [0.15, 0.2) is 12.3 Å². The molecule has 2 rings (SSSR count). The van der Waals surface area contributed by atoms with Gasteiger partial charge in [0.1, 0.15) is 12.2 Å². The fourth-order valence-electron chi connectivity index (χ4n) is 2.43. The molecule has 1 fully saturated rings. The first-order valence-electron chi connectivity index (χ1n) is 5.98. The molecule has 0 bridgehead atoms. The molecule has 5 nitrogen and oxygen atoms in total. The zero-order valence-electron chi connectivity index (χ0n) is 9.62. The lowest BCUT2D eigenvalue weighted by molar-refractivity contribution is -0.141. The van der Waals surface area contributed by atoms with Crippen molar-refractivity contribution in [2.45, 2.75) is 37.6 Å². The van der Waals surface area contributed by atoms with Crippen molar-refractivity contribution in [3.63, 3.8) is 0 Å². The second kappa shape index (κ2) is 5.62. The minimum atomic E-state index is -0.884. The fraction of sp³-hybridized carbons (Fsp3) is 0.750. The van der Waals surface area contributed by atoms with E-state index in [9.17, 15) is 9.90 Å². The topological polar surface area (TPSA) is 76.0 Å². The van der Waals surface area contributed by atoms with E-state index in [1.54, 1.807) is 0 Å². The third-order valence-corrected chi connectivity index (χ3v) is 3.31. The third kappa shape index (κ3) is 2.86. The third-order valence-electron chi connectivity index (χ3n) is 3.31. The van der Waals surface area contributed by atoms with Crippen LogP contribution < -0.4 is 0 Å². The molecule has 4 atom stereocenters. The SMILES string of the molecule is O=C1C=COC2CCCC(OCC(O)CO)C12. The van der Waals surface area contributed by atoms with Gasteiger partial charge in [-0.05, 0) is 19.3 Å². The van der Waals surface area contributed by atoms with E-state index in [1.165, 1.54) is 12.3 Å². The van der Waals surface area contributed by atoms with Crippen LogP contribution in [-0.4, -0.2) is 47.5 Å².